The molecule has 0 bridgehead atoms. The van der Waals surface area contributed by atoms with Gasteiger partial charge in [-0.05, 0) is 47.5 Å². The molecule has 0 aliphatic rings. The van der Waals surface area contributed by atoms with Crippen molar-refractivity contribution in [1.29, 1.82) is 0 Å². The molecule has 1 heterocycles. The van der Waals surface area contributed by atoms with Crippen LogP contribution in [0, 0.1) is 24.0 Å². The van der Waals surface area contributed by atoms with Crippen LogP contribution in [-0.4, -0.2) is 4.92 Å². The van der Waals surface area contributed by atoms with Gasteiger partial charge in [-0.1, -0.05) is 11.6 Å². The number of benzene rings is 1. The third-order valence-electron chi connectivity index (χ3n) is 2.85. The fourth-order valence-electron chi connectivity index (χ4n) is 1.78. The maximum atomic E-state index is 10.8. The summed E-state index contributed by atoms with van der Waals surface area (Å²) in [4.78, 5) is 12.7. The number of nitro groups is 1. The highest BCUT2D eigenvalue weighted by molar-refractivity contribution is 9.10. The van der Waals surface area contributed by atoms with Crippen molar-refractivity contribution in [1.82, 2.24) is 0 Å². The average Bonchev–Trinajstić information content (AvgIpc) is 2.69. The van der Waals surface area contributed by atoms with Gasteiger partial charge in [0.2, 0.25) is 0 Å². The molecule has 0 aliphatic carbocycles. The predicted molar refractivity (Wildman–Crippen MR) is 86.9 cm³/mol. The second kappa shape index (κ2) is 6.11. The van der Waals surface area contributed by atoms with Gasteiger partial charge in [0.05, 0.1) is 4.92 Å². The number of halogens is 2. The van der Waals surface area contributed by atoms with Gasteiger partial charge in [0.25, 0.3) is 5.69 Å². The third-order valence-corrected chi connectivity index (χ3v) is 5.29. The van der Waals surface area contributed by atoms with Crippen LogP contribution in [0.1, 0.15) is 15.3 Å². The first-order valence-electron chi connectivity index (χ1n) is 5.81. The quantitative estimate of drug-likeness (QED) is 0.582. The molecular weight excluding hydrogens is 364 g/mol. The lowest BCUT2D eigenvalue weighted by Crippen LogP contribution is -2.00. The van der Waals surface area contributed by atoms with E-state index in [1.54, 1.807) is 17.4 Å². The Morgan fingerprint density at radius 1 is 1.40 bits per heavy atom. The van der Waals surface area contributed by atoms with Crippen molar-refractivity contribution in [2.24, 2.45) is 0 Å². The number of hydrogen-bond acceptors (Lipinski definition) is 4. The van der Waals surface area contributed by atoms with Crippen LogP contribution in [0.25, 0.3) is 0 Å². The van der Waals surface area contributed by atoms with Gasteiger partial charge in [-0.3, -0.25) is 10.1 Å². The normalized spacial score (nSPS) is 10.6. The largest absolute Gasteiger partial charge is 0.380 e. The summed E-state index contributed by atoms with van der Waals surface area (Å²) in [7, 11) is 0. The molecule has 0 fully saturated rings. The van der Waals surface area contributed by atoms with E-state index < -0.39 is 4.92 Å². The summed E-state index contributed by atoms with van der Waals surface area (Å²) in [6.07, 6.45) is 0. The minimum Gasteiger partial charge on any atom is -0.380 e. The van der Waals surface area contributed by atoms with Gasteiger partial charge in [0.1, 0.15) is 5.02 Å². The molecule has 4 nitrogen and oxygen atoms in total. The number of hydrogen-bond donors (Lipinski definition) is 1. The molecule has 1 aromatic heterocycles. The van der Waals surface area contributed by atoms with E-state index in [0.717, 1.165) is 15.7 Å². The van der Waals surface area contributed by atoms with E-state index in [4.69, 9.17) is 11.6 Å². The van der Waals surface area contributed by atoms with Crippen molar-refractivity contribution in [3.05, 3.63) is 53.1 Å². The summed E-state index contributed by atoms with van der Waals surface area (Å²) in [5.74, 6) is 0. The van der Waals surface area contributed by atoms with E-state index in [9.17, 15) is 10.1 Å². The molecule has 20 heavy (non-hydrogen) atoms. The maximum absolute atomic E-state index is 10.8. The smallest absolute Gasteiger partial charge is 0.288 e. The fourth-order valence-corrected chi connectivity index (χ4v) is 3.56. The van der Waals surface area contributed by atoms with Crippen LogP contribution < -0.4 is 5.32 Å². The minimum atomic E-state index is -0.473. The van der Waals surface area contributed by atoms with Gasteiger partial charge < -0.3 is 5.32 Å². The molecule has 7 heteroatoms. The topological polar surface area (TPSA) is 55.2 Å². The lowest BCUT2D eigenvalue weighted by Gasteiger charge is -2.09. The molecule has 1 aromatic carbocycles. The van der Waals surface area contributed by atoms with Gasteiger partial charge in [-0.2, -0.15) is 0 Å². The molecular formula is C13H12BrClN2O2S. The van der Waals surface area contributed by atoms with Crippen LogP contribution in [0.15, 0.2) is 22.7 Å². The zero-order valence-electron chi connectivity index (χ0n) is 10.9. The Labute approximate surface area is 134 Å². The highest BCUT2D eigenvalue weighted by Gasteiger charge is 2.15. The molecule has 0 radical (unpaired) electrons. The van der Waals surface area contributed by atoms with E-state index in [2.05, 4.69) is 27.3 Å². The molecule has 0 atom stereocenters. The number of nitrogens with one attached hydrogen (secondary N) is 1. The first-order chi connectivity index (χ1) is 9.38. The van der Waals surface area contributed by atoms with Crippen LogP contribution in [0.2, 0.25) is 5.02 Å². The van der Waals surface area contributed by atoms with Gasteiger partial charge in [-0.25, -0.2) is 0 Å². The molecule has 0 unspecified atom stereocenters. The highest BCUT2D eigenvalue weighted by atomic mass is 79.9. The van der Waals surface area contributed by atoms with Crippen LogP contribution in [0.4, 0.5) is 11.4 Å². The first-order valence-corrected chi connectivity index (χ1v) is 7.80. The molecule has 0 spiro atoms. The standard InChI is InChI=1S/C13H12BrClN2O2S/c1-7-3-13(17(18)19)11(15)5-12(7)16-6-9-4-10(14)8(2)20-9/h3-5,16H,6H2,1-2H3. The zero-order chi connectivity index (χ0) is 14.9. The maximum Gasteiger partial charge on any atom is 0.288 e. The van der Waals surface area contributed by atoms with Crippen LogP contribution in [-0.2, 0) is 6.54 Å². The molecule has 0 amide bonds. The number of aryl methyl sites for hydroxylation is 2. The van der Waals surface area contributed by atoms with Gasteiger partial charge in [0.15, 0.2) is 0 Å². The third kappa shape index (κ3) is 3.31. The van der Waals surface area contributed by atoms with E-state index in [0.29, 0.717) is 6.54 Å². The minimum absolute atomic E-state index is 0.0653. The van der Waals surface area contributed by atoms with E-state index >= 15 is 0 Å². The van der Waals surface area contributed by atoms with Gasteiger partial charge >= 0.3 is 0 Å². The number of anilines is 1. The average molecular weight is 376 g/mol. The van der Waals surface area contributed by atoms with Crippen LogP contribution in [0.3, 0.4) is 0 Å². The summed E-state index contributed by atoms with van der Waals surface area (Å²) in [5.41, 5.74) is 1.54. The van der Waals surface area contributed by atoms with Crippen molar-refractivity contribution >= 4 is 50.2 Å². The molecule has 106 valence electrons. The Kier molecular flexibility index (Phi) is 4.67. The Bertz CT molecular complexity index is 653. The molecule has 0 saturated carbocycles. The lowest BCUT2D eigenvalue weighted by atomic mass is 10.1. The molecule has 0 saturated heterocycles. The number of rotatable bonds is 4. The summed E-state index contributed by atoms with van der Waals surface area (Å²) < 4.78 is 1.10. The Morgan fingerprint density at radius 3 is 2.65 bits per heavy atom. The van der Waals surface area contributed by atoms with Crippen LogP contribution >= 0.6 is 38.9 Å². The zero-order valence-corrected chi connectivity index (χ0v) is 14.0. The van der Waals surface area contributed by atoms with Crippen molar-refractivity contribution < 1.29 is 4.92 Å². The number of thiophene rings is 1. The van der Waals surface area contributed by atoms with Crippen molar-refractivity contribution in [2.45, 2.75) is 20.4 Å². The van der Waals surface area contributed by atoms with Gasteiger partial charge in [-0.15, -0.1) is 11.3 Å². The fraction of sp³-hybridized carbons (Fsp3) is 0.231. The summed E-state index contributed by atoms with van der Waals surface area (Å²) >= 11 is 11.1. The van der Waals surface area contributed by atoms with E-state index in [1.807, 2.05) is 13.8 Å². The summed E-state index contributed by atoms with van der Waals surface area (Å²) in [6.45, 7) is 4.53. The number of nitrogens with zero attached hydrogens (tertiary/aromatic N) is 1. The highest BCUT2D eigenvalue weighted by Crippen LogP contribution is 2.32. The summed E-state index contributed by atoms with van der Waals surface area (Å²) in [6, 6.07) is 5.15. The summed E-state index contributed by atoms with van der Waals surface area (Å²) in [5, 5.41) is 14.2. The predicted octanol–water partition coefficient (Wildman–Crippen LogP) is 5.30. The number of nitro benzene ring substituents is 1. The lowest BCUT2D eigenvalue weighted by molar-refractivity contribution is -0.384. The van der Waals surface area contributed by atoms with Crippen molar-refractivity contribution in [3.63, 3.8) is 0 Å². The van der Waals surface area contributed by atoms with Crippen LogP contribution in [0.5, 0.6) is 0 Å². The van der Waals surface area contributed by atoms with Gasteiger partial charge in [0, 0.05) is 32.5 Å². The Morgan fingerprint density at radius 2 is 2.10 bits per heavy atom. The Hall–Kier alpha value is -1.11. The molecule has 0 aliphatic heterocycles. The SMILES string of the molecule is Cc1cc([N+](=O)[O-])c(Cl)cc1NCc1cc(Br)c(C)s1. The van der Waals surface area contributed by atoms with E-state index in [1.165, 1.54) is 15.8 Å². The molecule has 1 N–H and O–H groups in total. The second-order valence-electron chi connectivity index (χ2n) is 4.35. The van der Waals surface area contributed by atoms with Crippen molar-refractivity contribution in [2.75, 3.05) is 5.32 Å². The Balaban J connectivity index is 2.17. The molecule has 2 aromatic rings. The molecule has 2 rings (SSSR count). The van der Waals surface area contributed by atoms with Crippen molar-refractivity contribution in [3.8, 4) is 0 Å². The second-order valence-corrected chi connectivity index (χ2v) is 6.95. The monoisotopic (exact) mass is 374 g/mol. The van der Waals surface area contributed by atoms with E-state index in [-0.39, 0.29) is 10.7 Å². The first kappa shape index (κ1) is 15.3.